The Kier molecular flexibility index (Phi) is 5.10. The van der Waals surface area contributed by atoms with Gasteiger partial charge in [0, 0.05) is 25.2 Å². The topological polar surface area (TPSA) is 60.8 Å². The van der Waals surface area contributed by atoms with E-state index >= 15 is 0 Å². The van der Waals surface area contributed by atoms with Gasteiger partial charge in [0.15, 0.2) is 11.5 Å². The Labute approximate surface area is 135 Å². The van der Waals surface area contributed by atoms with Crippen LogP contribution in [0.2, 0.25) is 0 Å². The predicted octanol–water partition coefficient (Wildman–Crippen LogP) is 2.53. The minimum Gasteiger partial charge on any atom is -0.493 e. The summed E-state index contributed by atoms with van der Waals surface area (Å²) in [6, 6.07) is 9.35. The zero-order valence-corrected chi connectivity index (χ0v) is 13.1. The number of ether oxygens (including phenoxy) is 3. The number of hydrogen-bond donors (Lipinski definition) is 1. The highest BCUT2D eigenvalue weighted by Gasteiger charge is 2.20. The van der Waals surface area contributed by atoms with Crippen LogP contribution in [0.25, 0.3) is 0 Å². The van der Waals surface area contributed by atoms with Crippen molar-refractivity contribution in [2.75, 3.05) is 20.3 Å². The fourth-order valence-corrected chi connectivity index (χ4v) is 2.64. The third-order valence-corrected chi connectivity index (χ3v) is 3.93. The molecule has 1 aromatic carbocycles. The van der Waals surface area contributed by atoms with Crippen LogP contribution in [0.15, 0.2) is 42.7 Å². The molecule has 1 aliphatic heterocycles. The molecule has 1 aliphatic rings. The molecule has 0 aliphatic carbocycles. The summed E-state index contributed by atoms with van der Waals surface area (Å²) in [7, 11) is 1.61. The second-order valence-electron chi connectivity index (χ2n) is 5.59. The Morgan fingerprint density at radius 2 is 2.09 bits per heavy atom. The number of rotatable bonds is 6. The summed E-state index contributed by atoms with van der Waals surface area (Å²) >= 11 is 0. The molecule has 2 heterocycles. The first kappa shape index (κ1) is 15.8. The van der Waals surface area contributed by atoms with E-state index in [9.17, 15) is 5.11 Å². The molecular formula is C18H21NO4. The molecule has 1 aromatic heterocycles. The van der Waals surface area contributed by atoms with E-state index in [0.717, 1.165) is 24.2 Å². The molecule has 2 unspecified atom stereocenters. The van der Waals surface area contributed by atoms with E-state index in [4.69, 9.17) is 14.2 Å². The molecule has 23 heavy (non-hydrogen) atoms. The average Bonchev–Trinajstić information content (AvgIpc) is 3.09. The maximum Gasteiger partial charge on any atom is 0.162 e. The molecule has 2 aromatic rings. The van der Waals surface area contributed by atoms with Crippen LogP contribution in [0.4, 0.5) is 0 Å². The second-order valence-corrected chi connectivity index (χ2v) is 5.59. The van der Waals surface area contributed by atoms with Gasteiger partial charge in [0.25, 0.3) is 0 Å². The molecule has 3 rings (SSSR count). The van der Waals surface area contributed by atoms with E-state index in [1.165, 1.54) is 0 Å². The first-order chi connectivity index (χ1) is 11.3. The summed E-state index contributed by atoms with van der Waals surface area (Å²) < 4.78 is 16.7. The standard InChI is InChI=1S/C18H21NO4/c1-21-17-3-2-14(11-18(17)23-15-6-9-22-12-15)16(20)10-13-4-7-19-8-5-13/h2-5,7-8,11,15-16,20H,6,9-10,12H2,1H3. The summed E-state index contributed by atoms with van der Waals surface area (Å²) in [5, 5.41) is 10.5. The van der Waals surface area contributed by atoms with Crippen molar-refractivity contribution in [2.45, 2.75) is 25.0 Å². The van der Waals surface area contributed by atoms with Gasteiger partial charge in [-0.15, -0.1) is 0 Å². The highest BCUT2D eigenvalue weighted by molar-refractivity contribution is 5.44. The SMILES string of the molecule is COc1ccc(C(O)Cc2ccncc2)cc1OC1CCOC1. The highest BCUT2D eigenvalue weighted by atomic mass is 16.6. The highest BCUT2D eigenvalue weighted by Crippen LogP contribution is 2.33. The predicted molar refractivity (Wildman–Crippen MR) is 85.7 cm³/mol. The van der Waals surface area contributed by atoms with Gasteiger partial charge >= 0.3 is 0 Å². The van der Waals surface area contributed by atoms with Gasteiger partial charge in [-0.2, -0.15) is 0 Å². The number of nitrogens with zero attached hydrogens (tertiary/aromatic N) is 1. The monoisotopic (exact) mass is 315 g/mol. The van der Waals surface area contributed by atoms with Gasteiger partial charge in [-0.05, 0) is 35.4 Å². The largest absolute Gasteiger partial charge is 0.493 e. The Balaban J connectivity index is 1.76. The molecule has 2 atom stereocenters. The van der Waals surface area contributed by atoms with Crippen LogP contribution in [0.3, 0.4) is 0 Å². The number of methoxy groups -OCH3 is 1. The molecule has 122 valence electrons. The van der Waals surface area contributed by atoms with Crippen LogP contribution >= 0.6 is 0 Å². The van der Waals surface area contributed by atoms with E-state index in [2.05, 4.69) is 4.98 Å². The van der Waals surface area contributed by atoms with Crippen LogP contribution in [-0.4, -0.2) is 36.5 Å². The first-order valence-corrected chi connectivity index (χ1v) is 7.75. The van der Waals surface area contributed by atoms with Gasteiger partial charge in [-0.3, -0.25) is 4.98 Å². The smallest absolute Gasteiger partial charge is 0.162 e. The molecule has 0 amide bonds. The van der Waals surface area contributed by atoms with Crippen molar-refractivity contribution in [1.82, 2.24) is 4.98 Å². The zero-order chi connectivity index (χ0) is 16.1. The normalized spacial score (nSPS) is 18.6. The van der Waals surface area contributed by atoms with Gasteiger partial charge in [-0.25, -0.2) is 0 Å². The molecular weight excluding hydrogens is 294 g/mol. The van der Waals surface area contributed by atoms with Crippen molar-refractivity contribution in [3.63, 3.8) is 0 Å². The Morgan fingerprint density at radius 3 is 2.78 bits per heavy atom. The Morgan fingerprint density at radius 1 is 1.26 bits per heavy atom. The molecule has 0 bridgehead atoms. The summed E-state index contributed by atoms with van der Waals surface area (Å²) in [6.07, 6.45) is 4.28. The van der Waals surface area contributed by atoms with Crippen molar-refractivity contribution in [3.8, 4) is 11.5 Å². The molecule has 1 fully saturated rings. The fourth-order valence-electron chi connectivity index (χ4n) is 2.64. The number of aliphatic hydroxyl groups is 1. The maximum atomic E-state index is 10.5. The van der Waals surface area contributed by atoms with Gasteiger partial charge in [0.05, 0.1) is 26.4 Å². The van der Waals surface area contributed by atoms with E-state index in [0.29, 0.717) is 24.5 Å². The van der Waals surface area contributed by atoms with E-state index in [1.54, 1.807) is 19.5 Å². The Hall–Kier alpha value is -2.11. The second kappa shape index (κ2) is 7.44. The number of pyridine rings is 1. The Bertz CT molecular complexity index is 626. The molecule has 1 N–H and O–H groups in total. The molecule has 0 spiro atoms. The van der Waals surface area contributed by atoms with Crippen molar-refractivity contribution in [2.24, 2.45) is 0 Å². The maximum absolute atomic E-state index is 10.5. The molecule has 0 saturated carbocycles. The van der Waals surface area contributed by atoms with Gasteiger partial charge < -0.3 is 19.3 Å². The molecule has 0 radical (unpaired) electrons. The van der Waals surface area contributed by atoms with Crippen LogP contribution in [0.1, 0.15) is 23.7 Å². The van der Waals surface area contributed by atoms with Crippen molar-refractivity contribution < 1.29 is 19.3 Å². The van der Waals surface area contributed by atoms with Crippen LogP contribution in [0, 0.1) is 0 Å². The lowest BCUT2D eigenvalue weighted by Crippen LogP contribution is -2.16. The van der Waals surface area contributed by atoms with Gasteiger partial charge in [0.1, 0.15) is 6.10 Å². The minimum absolute atomic E-state index is 0.0384. The lowest BCUT2D eigenvalue weighted by atomic mass is 10.0. The summed E-state index contributed by atoms with van der Waals surface area (Å²) in [5.74, 6) is 1.31. The average molecular weight is 315 g/mol. The van der Waals surface area contributed by atoms with E-state index in [-0.39, 0.29) is 6.10 Å². The van der Waals surface area contributed by atoms with Crippen LogP contribution in [-0.2, 0) is 11.2 Å². The lowest BCUT2D eigenvalue weighted by molar-refractivity contribution is 0.137. The third kappa shape index (κ3) is 4.00. The van der Waals surface area contributed by atoms with E-state index < -0.39 is 6.10 Å². The van der Waals surface area contributed by atoms with Crippen molar-refractivity contribution in [3.05, 3.63) is 53.9 Å². The minimum atomic E-state index is -0.606. The third-order valence-electron chi connectivity index (χ3n) is 3.93. The van der Waals surface area contributed by atoms with Crippen molar-refractivity contribution in [1.29, 1.82) is 0 Å². The van der Waals surface area contributed by atoms with E-state index in [1.807, 2.05) is 30.3 Å². The summed E-state index contributed by atoms with van der Waals surface area (Å²) in [6.45, 7) is 1.31. The summed E-state index contributed by atoms with van der Waals surface area (Å²) in [4.78, 5) is 3.99. The number of hydrogen-bond acceptors (Lipinski definition) is 5. The molecule has 5 nitrogen and oxygen atoms in total. The number of benzene rings is 1. The quantitative estimate of drug-likeness (QED) is 0.887. The van der Waals surface area contributed by atoms with Crippen LogP contribution < -0.4 is 9.47 Å². The van der Waals surface area contributed by atoms with Gasteiger partial charge in [-0.1, -0.05) is 6.07 Å². The zero-order valence-electron chi connectivity index (χ0n) is 13.1. The molecule has 5 heteroatoms. The molecule has 1 saturated heterocycles. The number of aliphatic hydroxyl groups excluding tert-OH is 1. The van der Waals surface area contributed by atoms with Crippen LogP contribution in [0.5, 0.6) is 11.5 Å². The lowest BCUT2D eigenvalue weighted by Gasteiger charge is -2.18. The number of aromatic nitrogens is 1. The van der Waals surface area contributed by atoms with Gasteiger partial charge in [0.2, 0.25) is 0 Å². The summed E-state index contributed by atoms with van der Waals surface area (Å²) in [5.41, 5.74) is 1.84. The first-order valence-electron chi connectivity index (χ1n) is 7.75. The van der Waals surface area contributed by atoms with Crippen molar-refractivity contribution >= 4 is 0 Å². The fraction of sp³-hybridized carbons (Fsp3) is 0.389.